The van der Waals surface area contributed by atoms with Gasteiger partial charge < -0.3 is 89.9 Å². The van der Waals surface area contributed by atoms with Crippen LogP contribution >= 0.6 is 0 Å². The summed E-state index contributed by atoms with van der Waals surface area (Å²) < 4.78 is 34.3. The average Bonchev–Trinajstić information content (AvgIpc) is 3.41. The van der Waals surface area contributed by atoms with Crippen molar-refractivity contribution in [3.05, 3.63) is 12.2 Å². The number of aliphatic hydroxyl groups excluding tert-OH is 11. The third-order valence-electron chi connectivity index (χ3n) is 15.3. The first-order chi connectivity index (χ1) is 36.8. The Hall–Kier alpha value is -1.47. The van der Waals surface area contributed by atoms with Crippen LogP contribution in [-0.2, 0) is 33.2 Å². The van der Waals surface area contributed by atoms with Crippen LogP contribution in [0, 0.1) is 0 Å². The van der Waals surface area contributed by atoms with Crippen molar-refractivity contribution in [2.24, 2.45) is 0 Å². The summed E-state index contributed by atoms with van der Waals surface area (Å²) in [5.74, 6) is -0.251. The molecule has 3 heterocycles. The van der Waals surface area contributed by atoms with E-state index < -0.39 is 124 Å². The average molecular weight is 1090 g/mol. The Bertz CT molecular complexity index is 1450. The van der Waals surface area contributed by atoms with Gasteiger partial charge in [0.05, 0.1) is 38.6 Å². The standard InChI is InChI=1S/C57H107NO18/c1-3-5-7-9-11-13-15-17-18-19-20-21-23-24-26-28-30-32-34-41(62)40(58-45(63)35-33-31-29-27-25-22-16-14-12-10-8-6-4-2)39-71-55-51(69)48(66)53(43(37-60)73-55)76-57-52(70)49(67)54(44(38-61)74-57)75-56-50(68)47(65)46(64)42(36-59)72-56/h14,16,40-44,46-57,59-62,64-70H,3-13,15,17-39H2,1-2H3,(H,58,63)/b16-14-. The van der Waals surface area contributed by atoms with E-state index in [1.807, 2.05) is 0 Å². The second kappa shape index (κ2) is 41.5. The van der Waals surface area contributed by atoms with Gasteiger partial charge in [-0.15, -0.1) is 0 Å². The highest BCUT2D eigenvalue weighted by Crippen LogP contribution is 2.33. The van der Waals surface area contributed by atoms with Crippen LogP contribution in [0.1, 0.15) is 213 Å². The van der Waals surface area contributed by atoms with Crippen LogP contribution in [0.25, 0.3) is 0 Å². The van der Waals surface area contributed by atoms with Crippen molar-refractivity contribution in [1.82, 2.24) is 5.32 Å². The Kier molecular flexibility index (Phi) is 37.6. The molecule has 0 bridgehead atoms. The minimum Gasteiger partial charge on any atom is -0.394 e. The third kappa shape index (κ3) is 25.5. The van der Waals surface area contributed by atoms with E-state index in [2.05, 4.69) is 31.3 Å². The van der Waals surface area contributed by atoms with Crippen LogP contribution in [0.5, 0.6) is 0 Å². The highest BCUT2D eigenvalue weighted by atomic mass is 16.8. The normalized spacial score (nSPS) is 31.0. The van der Waals surface area contributed by atoms with E-state index in [9.17, 15) is 61.0 Å². The van der Waals surface area contributed by atoms with Crippen LogP contribution in [0.15, 0.2) is 12.2 Å². The van der Waals surface area contributed by atoms with Gasteiger partial charge in [-0.3, -0.25) is 4.79 Å². The number of amides is 1. The number of ether oxygens (including phenoxy) is 6. The lowest BCUT2D eigenvalue weighted by Crippen LogP contribution is -2.66. The smallest absolute Gasteiger partial charge is 0.220 e. The largest absolute Gasteiger partial charge is 0.394 e. The predicted octanol–water partition coefficient (Wildman–Crippen LogP) is 4.99. The zero-order valence-corrected chi connectivity index (χ0v) is 46.5. The highest BCUT2D eigenvalue weighted by Gasteiger charge is 2.53. The van der Waals surface area contributed by atoms with Crippen LogP contribution < -0.4 is 5.32 Å². The zero-order chi connectivity index (χ0) is 55.5. The molecule has 0 spiro atoms. The second-order valence-corrected chi connectivity index (χ2v) is 21.8. The summed E-state index contributed by atoms with van der Waals surface area (Å²) in [5.41, 5.74) is 0. The molecule has 17 unspecified atom stereocenters. The molecule has 1 amide bonds. The molecule has 19 heteroatoms. The van der Waals surface area contributed by atoms with Gasteiger partial charge in [-0.1, -0.05) is 180 Å². The molecular weight excluding hydrogens is 987 g/mol. The molecule has 3 fully saturated rings. The van der Waals surface area contributed by atoms with Gasteiger partial charge >= 0.3 is 0 Å². The van der Waals surface area contributed by atoms with Crippen molar-refractivity contribution in [2.75, 3.05) is 26.4 Å². The Morgan fingerprint density at radius 1 is 0.461 bits per heavy atom. The lowest BCUT2D eigenvalue weighted by molar-refractivity contribution is -0.379. The first kappa shape index (κ1) is 68.8. The second-order valence-electron chi connectivity index (χ2n) is 21.8. The molecule has 3 saturated heterocycles. The van der Waals surface area contributed by atoms with Gasteiger partial charge in [0.2, 0.25) is 5.91 Å². The number of allylic oxidation sites excluding steroid dienone is 2. The molecule has 0 radical (unpaired) electrons. The van der Waals surface area contributed by atoms with Crippen LogP contribution in [0.3, 0.4) is 0 Å². The molecular formula is C57H107NO18. The molecule has 17 atom stereocenters. The molecule has 19 nitrogen and oxygen atoms in total. The summed E-state index contributed by atoms with van der Waals surface area (Å²) >= 11 is 0. The minimum atomic E-state index is -1.97. The molecule has 0 aromatic rings. The fourth-order valence-corrected chi connectivity index (χ4v) is 10.4. The fraction of sp³-hybridized carbons (Fsp3) is 0.947. The van der Waals surface area contributed by atoms with Crippen LogP contribution in [0.4, 0.5) is 0 Å². The number of carbonyl (C=O) groups excluding carboxylic acids is 1. The van der Waals surface area contributed by atoms with Gasteiger partial charge in [0, 0.05) is 6.42 Å². The van der Waals surface area contributed by atoms with Crippen molar-refractivity contribution >= 4 is 5.91 Å². The summed E-state index contributed by atoms with van der Waals surface area (Å²) in [6.07, 6.45) is 13.0. The van der Waals surface area contributed by atoms with E-state index >= 15 is 0 Å². The van der Waals surface area contributed by atoms with Crippen molar-refractivity contribution in [1.29, 1.82) is 0 Å². The van der Waals surface area contributed by atoms with E-state index in [0.29, 0.717) is 12.8 Å². The van der Waals surface area contributed by atoms with E-state index in [1.165, 1.54) is 116 Å². The summed E-state index contributed by atoms with van der Waals surface area (Å²) in [5, 5.41) is 120. The number of nitrogens with one attached hydrogen (secondary N) is 1. The van der Waals surface area contributed by atoms with Gasteiger partial charge in [0.15, 0.2) is 18.9 Å². The maximum Gasteiger partial charge on any atom is 0.220 e. The Balaban J connectivity index is 1.50. The van der Waals surface area contributed by atoms with Crippen LogP contribution in [0.2, 0.25) is 0 Å². The fourth-order valence-electron chi connectivity index (χ4n) is 10.4. The van der Waals surface area contributed by atoms with E-state index in [-0.39, 0.29) is 18.9 Å². The van der Waals surface area contributed by atoms with Gasteiger partial charge in [-0.05, 0) is 38.5 Å². The molecule has 12 N–H and O–H groups in total. The lowest BCUT2D eigenvalue weighted by Gasteiger charge is -2.48. The highest BCUT2D eigenvalue weighted by molar-refractivity contribution is 5.76. The number of rotatable bonds is 44. The molecule has 3 rings (SSSR count). The summed E-state index contributed by atoms with van der Waals surface area (Å²) in [4.78, 5) is 13.3. The Morgan fingerprint density at radius 2 is 0.829 bits per heavy atom. The molecule has 0 saturated carbocycles. The molecule has 3 aliphatic heterocycles. The quantitative estimate of drug-likeness (QED) is 0.0283. The van der Waals surface area contributed by atoms with Gasteiger partial charge in [-0.2, -0.15) is 0 Å². The SMILES string of the molecule is CCCCCC/C=C\CCCCCCCC(=O)NC(COC1OC(CO)C(OC2OC(CO)C(OC3OC(CO)C(O)C(O)C3O)C(O)C2O)C(O)C1O)C(O)CCCCCCCCCCCCCCCCCCCC. The van der Waals surface area contributed by atoms with Crippen LogP contribution in [-0.4, -0.2) is 193 Å². The molecule has 0 aromatic heterocycles. The van der Waals surface area contributed by atoms with Crippen molar-refractivity contribution < 1.29 is 89.4 Å². The maximum atomic E-state index is 13.3. The minimum absolute atomic E-state index is 0.251. The topological polar surface area (TPSA) is 307 Å². The van der Waals surface area contributed by atoms with E-state index in [4.69, 9.17) is 28.4 Å². The summed E-state index contributed by atoms with van der Waals surface area (Å²) in [6.45, 7) is 1.77. The van der Waals surface area contributed by atoms with Gasteiger partial charge in [0.25, 0.3) is 0 Å². The first-order valence-corrected chi connectivity index (χ1v) is 29.9. The molecule has 3 aliphatic rings. The predicted molar refractivity (Wildman–Crippen MR) is 287 cm³/mol. The molecule has 76 heavy (non-hydrogen) atoms. The number of aliphatic hydroxyl groups is 11. The van der Waals surface area contributed by atoms with Crippen molar-refractivity contribution in [3.8, 4) is 0 Å². The molecule has 0 aromatic carbocycles. The Morgan fingerprint density at radius 3 is 1.29 bits per heavy atom. The van der Waals surface area contributed by atoms with Gasteiger partial charge in [0.1, 0.15) is 73.2 Å². The lowest BCUT2D eigenvalue weighted by atomic mass is 9.96. The zero-order valence-electron chi connectivity index (χ0n) is 46.5. The number of unbranched alkanes of at least 4 members (excludes halogenated alkanes) is 26. The summed E-state index contributed by atoms with van der Waals surface area (Å²) in [7, 11) is 0. The molecule has 0 aliphatic carbocycles. The molecule has 448 valence electrons. The monoisotopic (exact) mass is 1090 g/mol. The van der Waals surface area contributed by atoms with Crippen molar-refractivity contribution in [3.63, 3.8) is 0 Å². The first-order valence-electron chi connectivity index (χ1n) is 29.9. The maximum absolute atomic E-state index is 13.3. The van der Waals surface area contributed by atoms with Gasteiger partial charge in [-0.25, -0.2) is 0 Å². The van der Waals surface area contributed by atoms with E-state index in [1.54, 1.807) is 0 Å². The number of hydrogen-bond donors (Lipinski definition) is 12. The number of carbonyl (C=O) groups is 1. The third-order valence-corrected chi connectivity index (χ3v) is 15.3. The Labute approximate surface area is 455 Å². The summed E-state index contributed by atoms with van der Waals surface area (Å²) in [6, 6.07) is -0.887. The van der Waals surface area contributed by atoms with Crippen molar-refractivity contribution in [2.45, 2.75) is 317 Å². The van der Waals surface area contributed by atoms with E-state index in [0.717, 1.165) is 64.2 Å². The number of hydrogen-bond acceptors (Lipinski definition) is 18.